The van der Waals surface area contributed by atoms with Crippen LogP contribution in [-0.4, -0.2) is 36.2 Å². The van der Waals surface area contributed by atoms with Crippen molar-refractivity contribution in [3.05, 3.63) is 250 Å². The van der Waals surface area contributed by atoms with Crippen LogP contribution in [0, 0.1) is 6.92 Å². The number of ether oxygens (including phenoxy) is 2. The van der Waals surface area contributed by atoms with Crippen molar-refractivity contribution in [1.29, 1.82) is 0 Å². The summed E-state index contributed by atoms with van der Waals surface area (Å²) in [6, 6.07) is 63.9. The van der Waals surface area contributed by atoms with Gasteiger partial charge < -0.3 is 19.7 Å². The summed E-state index contributed by atoms with van der Waals surface area (Å²) in [4.78, 5) is 31.9. The molecule has 8 aromatic rings. The quantitative estimate of drug-likeness (QED) is 0.142. The molecule has 8 nitrogen and oxygen atoms in total. The first-order valence-electron chi connectivity index (χ1n) is 21.6. The topological polar surface area (TPSA) is 99.5 Å². The number of aromatic hydroxyl groups is 2. The normalized spacial score (nSPS) is 15.1. The number of para-hydroxylation sites is 2. The minimum atomic E-state index is -0.597. The van der Waals surface area contributed by atoms with Crippen LogP contribution < -0.4 is 19.3 Å². The first-order chi connectivity index (χ1) is 31.8. The van der Waals surface area contributed by atoms with Gasteiger partial charge >= 0.3 is 0 Å². The number of carbonyl (C=O) groups is 2. The van der Waals surface area contributed by atoms with Crippen LogP contribution in [0.5, 0.6) is 23.0 Å². The van der Waals surface area contributed by atoms with Crippen LogP contribution >= 0.6 is 0 Å². The molecule has 2 atom stereocenters. The summed E-state index contributed by atoms with van der Waals surface area (Å²) in [6.07, 6.45) is 0. The predicted octanol–water partition coefficient (Wildman–Crippen LogP) is 11.6. The summed E-state index contributed by atoms with van der Waals surface area (Å²) >= 11 is 0. The van der Waals surface area contributed by atoms with Gasteiger partial charge in [0.15, 0.2) is 0 Å². The van der Waals surface area contributed by atoms with E-state index in [2.05, 4.69) is 24.3 Å². The van der Waals surface area contributed by atoms with Gasteiger partial charge in [-0.25, -0.2) is 0 Å². The molecule has 0 bridgehead atoms. The number of hydrogen-bond acceptors (Lipinski definition) is 6. The van der Waals surface area contributed by atoms with Crippen molar-refractivity contribution in [1.82, 2.24) is 0 Å². The molecule has 0 spiro atoms. The number of methoxy groups -OCH3 is 2. The Kier molecular flexibility index (Phi) is 11.9. The van der Waals surface area contributed by atoms with E-state index in [1.807, 2.05) is 168 Å². The number of benzene rings is 8. The predicted molar refractivity (Wildman–Crippen MR) is 255 cm³/mol. The Morgan fingerprint density at radius 1 is 0.431 bits per heavy atom. The highest BCUT2D eigenvalue weighted by molar-refractivity contribution is 6.09. The van der Waals surface area contributed by atoms with Gasteiger partial charge in [-0.05, 0) is 70.1 Å². The standard InChI is InChI=1S/C29H25NO3.C28H23NO3/c1-19-17-23(25(31)18-26(19)33-2)27-22-15-9-10-16-24(22)30(29(27)32)28(20-11-5-3-6-12-20)21-13-7-4-8-14-21;1-32-21-16-17-23(25(30)18-21)26-22-14-8-9-15-24(22)29(28(26)31)27(19-10-4-2-5-11-19)20-12-6-3-7-13-20/h3-18,27-28,31H,1-2H3;2-18,26-27,30H,1H3. The number of carbonyl (C=O) groups excluding carboxylic acids is 2. The van der Waals surface area contributed by atoms with Gasteiger partial charge in [0.25, 0.3) is 0 Å². The molecule has 0 fully saturated rings. The summed E-state index contributed by atoms with van der Waals surface area (Å²) in [7, 11) is 3.13. The van der Waals surface area contributed by atoms with E-state index in [4.69, 9.17) is 9.47 Å². The minimum absolute atomic E-state index is 0.0512. The highest BCUT2D eigenvalue weighted by atomic mass is 16.5. The van der Waals surface area contributed by atoms with Crippen molar-refractivity contribution >= 4 is 23.2 Å². The van der Waals surface area contributed by atoms with Crippen molar-refractivity contribution in [2.45, 2.75) is 30.8 Å². The van der Waals surface area contributed by atoms with Gasteiger partial charge in [0, 0.05) is 34.6 Å². The zero-order valence-corrected chi connectivity index (χ0v) is 36.3. The molecule has 0 saturated carbocycles. The zero-order chi connectivity index (χ0) is 45.0. The molecular formula is C57H48N2O6. The summed E-state index contributed by atoms with van der Waals surface area (Å²) in [5, 5.41) is 21.6. The molecule has 322 valence electrons. The van der Waals surface area contributed by atoms with Gasteiger partial charge in [0.1, 0.15) is 23.0 Å². The van der Waals surface area contributed by atoms with Crippen molar-refractivity contribution in [2.75, 3.05) is 24.0 Å². The summed E-state index contributed by atoms with van der Waals surface area (Å²) in [6.45, 7) is 1.92. The van der Waals surface area contributed by atoms with E-state index in [0.717, 1.165) is 50.3 Å². The minimum Gasteiger partial charge on any atom is -0.507 e. The van der Waals surface area contributed by atoms with E-state index >= 15 is 0 Å². The van der Waals surface area contributed by atoms with Crippen LogP contribution in [0.4, 0.5) is 11.4 Å². The molecule has 2 aliphatic heterocycles. The average molecular weight is 857 g/mol. The van der Waals surface area contributed by atoms with Crippen LogP contribution in [0.25, 0.3) is 0 Å². The number of phenols is 2. The number of hydrogen-bond donors (Lipinski definition) is 2. The molecule has 2 N–H and O–H groups in total. The van der Waals surface area contributed by atoms with Crippen molar-refractivity contribution in [3.63, 3.8) is 0 Å². The van der Waals surface area contributed by atoms with E-state index < -0.39 is 11.8 Å². The number of rotatable bonds is 10. The van der Waals surface area contributed by atoms with E-state index in [1.165, 1.54) is 0 Å². The molecule has 0 aromatic heterocycles. The van der Waals surface area contributed by atoms with Gasteiger partial charge in [-0.3, -0.25) is 19.4 Å². The smallest absolute Gasteiger partial charge is 0.240 e. The van der Waals surface area contributed by atoms with Crippen LogP contribution in [-0.2, 0) is 9.59 Å². The maximum atomic E-state index is 14.2. The third-order valence-corrected chi connectivity index (χ3v) is 12.4. The Morgan fingerprint density at radius 2 is 0.815 bits per heavy atom. The lowest BCUT2D eigenvalue weighted by atomic mass is 9.90. The third-order valence-electron chi connectivity index (χ3n) is 12.4. The second-order valence-corrected chi connectivity index (χ2v) is 16.2. The van der Waals surface area contributed by atoms with Crippen LogP contribution in [0.1, 0.15) is 74.0 Å². The SMILES string of the molecule is COc1cc(O)c(C2C(=O)N(C(c3ccccc3)c3ccccc3)c3ccccc32)cc1C.COc1ccc(C2C(=O)N(C(c3ccccc3)c3ccccc3)c3ccccc32)c(O)c1. The lowest BCUT2D eigenvalue weighted by molar-refractivity contribution is -0.119. The molecule has 8 heteroatoms. The second-order valence-electron chi connectivity index (χ2n) is 16.2. The maximum Gasteiger partial charge on any atom is 0.240 e. The number of anilines is 2. The van der Waals surface area contributed by atoms with E-state index in [-0.39, 0.29) is 35.4 Å². The van der Waals surface area contributed by atoms with Crippen molar-refractivity contribution < 1.29 is 29.3 Å². The molecule has 2 unspecified atom stereocenters. The number of phenolic OH excluding ortho intramolecular Hbond substituents is 2. The fraction of sp³-hybridized carbons (Fsp3) is 0.123. The van der Waals surface area contributed by atoms with Gasteiger partial charge in [0.05, 0.1) is 38.1 Å². The molecule has 2 amide bonds. The fourth-order valence-electron chi connectivity index (χ4n) is 9.39. The number of nitrogens with zero attached hydrogens (tertiary/aromatic N) is 2. The number of aryl methyl sites for hydroxylation is 1. The molecule has 2 aliphatic rings. The van der Waals surface area contributed by atoms with E-state index in [0.29, 0.717) is 22.6 Å². The lowest BCUT2D eigenvalue weighted by Gasteiger charge is -2.30. The number of amides is 2. The fourth-order valence-corrected chi connectivity index (χ4v) is 9.39. The maximum absolute atomic E-state index is 14.2. The molecule has 2 heterocycles. The Hall–Kier alpha value is -8.10. The molecule has 0 saturated heterocycles. The van der Waals surface area contributed by atoms with Gasteiger partial charge in [-0.1, -0.05) is 164 Å². The highest BCUT2D eigenvalue weighted by Crippen LogP contribution is 2.50. The van der Waals surface area contributed by atoms with Gasteiger partial charge in [-0.2, -0.15) is 0 Å². The molecule has 0 radical (unpaired) electrons. The largest absolute Gasteiger partial charge is 0.507 e. The molecule has 8 aromatic carbocycles. The lowest BCUT2D eigenvalue weighted by Crippen LogP contribution is -2.34. The monoisotopic (exact) mass is 856 g/mol. The van der Waals surface area contributed by atoms with E-state index in [9.17, 15) is 19.8 Å². The van der Waals surface area contributed by atoms with Crippen molar-refractivity contribution in [2.24, 2.45) is 0 Å². The van der Waals surface area contributed by atoms with Gasteiger partial charge in [-0.15, -0.1) is 0 Å². The molecule has 10 rings (SSSR count). The third kappa shape index (κ3) is 7.95. The first kappa shape index (κ1) is 42.2. The Morgan fingerprint density at radius 3 is 1.22 bits per heavy atom. The second kappa shape index (κ2) is 18.3. The Balaban J connectivity index is 0.000000164. The van der Waals surface area contributed by atoms with Crippen LogP contribution in [0.2, 0.25) is 0 Å². The summed E-state index contributed by atoms with van der Waals surface area (Å²) in [5.74, 6) is -0.0590. The van der Waals surface area contributed by atoms with E-state index in [1.54, 1.807) is 38.5 Å². The van der Waals surface area contributed by atoms with Crippen LogP contribution in [0.15, 0.2) is 200 Å². The zero-order valence-electron chi connectivity index (χ0n) is 36.3. The molecular weight excluding hydrogens is 809 g/mol. The number of fused-ring (bicyclic) bond motifs is 2. The summed E-state index contributed by atoms with van der Waals surface area (Å²) < 4.78 is 10.6. The molecule has 0 aliphatic carbocycles. The van der Waals surface area contributed by atoms with Gasteiger partial charge in [0.2, 0.25) is 11.8 Å². The van der Waals surface area contributed by atoms with Crippen molar-refractivity contribution in [3.8, 4) is 23.0 Å². The molecule has 65 heavy (non-hydrogen) atoms. The Labute approximate surface area is 379 Å². The first-order valence-corrected chi connectivity index (χ1v) is 21.6. The van der Waals surface area contributed by atoms with Crippen LogP contribution in [0.3, 0.4) is 0 Å². The average Bonchev–Trinajstić information content (AvgIpc) is 3.80. The summed E-state index contributed by atoms with van der Waals surface area (Å²) in [5.41, 5.74) is 9.64. The highest BCUT2D eigenvalue weighted by Gasteiger charge is 2.45. The Bertz CT molecular complexity index is 2880.